The molecule has 1 aliphatic rings. The minimum absolute atomic E-state index is 0.167. The summed E-state index contributed by atoms with van der Waals surface area (Å²) >= 11 is 5.79. The molecule has 1 aromatic rings. The molecule has 0 spiro atoms. The lowest BCUT2D eigenvalue weighted by atomic mass is 10.0. The third-order valence-electron chi connectivity index (χ3n) is 3.83. The van der Waals surface area contributed by atoms with E-state index in [-0.39, 0.29) is 10.6 Å². The second-order valence-corrected chi connectivity index (χ2v) is 7.55. The summed E-state index contributed by atoms with van der Waals surface area (Å²) in [6.45, 7) is 0.474. The van der Waals surface area contributed by atoms with Crippen molar-refractivity contribution in [2.75, 3.05) is 12.3 Å². The van der Waals surface area contributed by atoms with Crippen molar-refractivity contribution in [1.82, 2.24) is 4.72 Å². The second-order valence-electron chi connectivity index (χ2n) is 5.37. The van der Waals surface area contributed by atoms with Crippen molar-refractivity contribution in [1.29, 1.82) is 0 Å². The predicted octanol–water partition coefficient (Wildman–Crippen LogP) is 3.17. The van der Waals surface area contributed by atoms with Crippen LogP contribution in [0.25, 0.3) is 0 Å². The molecule has 2 rings (SSSR count). The molecule has 0 unspecified atom stereocenters. The number of anilines is 1. The first-order chi connectivity index (χ1) is 9.49. The van der Waals surface area contributed by atoms with Gasteiger partial charge in [-0.15, -0.1) is 0 Å². The molecule has 0 aromatic heterocycles. The van der Waals surface area contributed by atoms with Gasteiger partial charge in [-0.2, -0.15) is 0 Å². The fourth-order valence-corrected chi connectivity index (χ4v) is 3.90. The molecule has 20 heavy (non-hydrogen) atoms. The molecule has 112 valence electrons. The molecule has 3 N–H and O–H groups in total. The molecular weight excluding hydrogens is 296 g/mol. The van der Waals surface area contributed by atoms with Crippen molar-refractivity contribution in [3.8, 4) is 0 Å². The molecule has 1 saturated carbocycles. The van der Waals surface area contributed by atoms with Gasteiger partial charge in [0.1, 0.15) is 0 Å². The van der Waals surface area contributed by atoms with Crippen molar-refractivity contribution in [3.05, 3.63) is 23.2 Å². The molecule has 0 atom stereocenters. The molecule has 0 heterocycles. The van der Waals surface area contributed by atoms with E-state index in [2.05, 4.69) is 4.72 Å². The van der Waals surface area contributed by atoms with E-state index in [4.69, 9.17) is 17.3 Å². The third kappa shape index (κ3) is 4.11. The minimum atomic E-state index is -3.48. The second kappa shape index (κ2) is 6.78. The van der Waals surface area contributed by atoms with Crippen molar-refractivity contribution in [2.45, 2.75) is 43.4 Å². The van der Waals surface area contributed by atoms with E-state index in [0.717, 1.165) is 18.8 Å². The zero-order valence-electron chi connectivity index (χ0n) is 11.4. The largest absolute Gasteiger partial charge is 0.397 e. The molecule has 0 aliphatic heterocycles. The topological polar surface area (TPSA) is 72.2 Å². The van der Waals surface area contributed by atoms with Crippen LogP contribution in [-0.2, 0) is 10.0 Å². The van der Waals surface area contributed by atoms with Crippen molar-refractivity contribution >= 4 is 27.3 Å². The van der Waals surface area contributed by atoms with E-state index in [1.807, 2.05) is 0 Å². The van der Waals surface area contributed by atoms with Crippen LogP contribution >= 0.6 is 11.6 Å². The number of nitrogen functional groups attached to an aromatic ring is 1. The Bertz CT molecular complexity index is 554. The highest BCUT2D eigenvalue weighted by Gasteiger charge is 2.17. The van der Waals surface area contributed by atoms with Crippen LogP contribution in [0.1, 0.15) is 38.5 Å². The van der Waals surface area contributed by atoms with Crippen LogP contribution in [0.3, 0.4) is 0 Å². The fraction of sp³-hybridized carbons (Fsp3) is 0.571. The fourth-order valence-electron chi connectivity index (χ4n) is 2.67. The summed E-state index contributed by atoms with van der Waals surface area (Å²) in [5.74, 6) is 0.783. The summed E-state index contributed by atoms with van der Waals surface area (Å²) in [4.78, 5) is 0.167. The van der Waals surface area contributed by atoms with Gasteiger partial charge in [-0.3, -0.25) is 0 Å². The number of hydrogen-bond donors (Lipinski definition) is 2. The molecule has 0 radical (unpaired) electrons. The van der Waals surface area contributed by atoms with E-state index in [0.29, 0.717) is 11.6 Å². The smallest absolute Gasteiger partial charge is 0.240 e. The quantitative estimate of drug-likeness (QED) is 0.625. The van der Waals surface area contributed by atoms with Gasteiger partial charge in [-0.05, 0) is 37.0 Å². The van der Waals surface area contributed by atoms with E-state index in [1.54, 1.807) is 0 Å². The molecular formula is C14H21ClN2O2S. The Hall–Kier alpha value is -0.780. The highest BCUT2D eigenvalue weighted by atomic mass is 35.5. The van der Waals surface area contributed by atoms with Gasteiger partial charge >= 0.3 is 0 Å². The first kappa shape index (κ1) is 15.6. The van der Waals surface area contributed by atoms with Gasteiger partial charge in [0.2, 0.25) is 10.0 Å². The summed E-state index contributed by atoms with van der Waals surface area (Å²) in [5.41, 5.74) is 5.91. The lowest BCUT2D eigenvalue weighted by Gasteiger charge is -2.10. The minimum Gasteiger partial charge on any atom is -0.397 e. The maximum atomic E-state index is 12.1. The number of rotatable bonds is 6. The van der Waals surface area contributed by atoms with Gasteiger partial charge < -0.3 is 5.73 Å². The molecule has 1 aliphatic carbocycles. The molecule has 1 fully saturated rings. The van der Waals surface area contributed by atoms with Crippen LogP contribution in [0.15, 0.2) is 23.1 Å². The lowest BCUT2D eigenvalue weighted by Crippen LogP contribution is -2.25. The third-order valence-corrected chi connectivity index (χ3v) is 5.64. The Kier molecular flexibility index (Phi) is 5.29. The van der Waals surface area contributed by atoms with Crippen molar-refractivity contribution < 1.29 is 8.42 Å². The summed E-state index contributed by atoms with van der Waals surface area (Å²) < 4.78 is 26.8. The monoisotopic (exact) mass is 316 g/mol. The van der Waals surface area contributed by atoms with E-state index < -0.39 is 10.0 Å². The van der Waals surface area contributed by atoms with Gasteiger partial charge in [-0.1, -0.05) is 37.3 Å². The summed E-state index contributed by atoms with van der Waals surface area (Å²) in [7, 11) is -3.48. The van der Waals surface area contributed by atoms with Gasteiger partial charge in [0.25, 0.3) is 0 Å². The Morgan fingerprint density at radius 2 is 2.00 bits per heavy atom. The summed E-state index contributed by atoms with van der Waals surface area (Å²) in [5, 5.41) is 0.366. The number of benzene rings is 1. The van der Waals surface area contributed by atoms with Crippen LogP contribution in [0.2, 0.25) is 5.02 Å². The van der Waals surface area contributed by atoms with E-state index in [1.165, 1.54) is 43.9 Å². The zero-order chi connectivity index (χ0) is 14.6. The van der Waals surface area contributed by atoms with Crippen LogP contribution in [0.5, 0.6) is 0 Å². The van der Waals surface area contributed by atoms with Crippen molar-refractivity contribution in [2.24, 2.45) is 5.92 Å². The number of sulfonamides is 1. The Morgan fingerprint density at radius 3 is 2.65 bits per heavy atom. The molecule has 0 bridgehead atoms. The summed E-state index contributed by atoms with van der Waals surface area (Å²) in [6.07, 6.45) is 7.21. The SMILES string of the molecule is Nc1cc(S(=O)(=O)NCCCC2CCCC2)ccc1Cl. The Labute approximate surface area is 125 Å². The maximum absolute atomic E-state index is 12.1. The van der Waals surface area contributed by atoms with Crippen LogP contribution in [0.4, 0.5) is 5.69 Å². The summed E-state index contributed by atoms with van der Waals surface area (Å²) in [6, 6.07) is 4.36. The molecule has 6 heteroatoms. The average molecular weight is 317 g/mol. The highest BCUT2D eigenvalue weighted by Crippen LogP contribution is 2.28. The van der Waals surface area contributed by atoms with Crippen LogP contribution < -0.4 is 10.5 Å². The zero-order valence-corrected chi connectivity index (χ0v) is 13.0. The molecule has 0 saturated heterocycles. The highest BCUT2D eigenvalue weighted by molar-refractivity contribution is 7.89. The van der Waals surface area contributed by atoms with Crippen LogP contribution in [-0.4, -0.2) is 15.0 Å². The standard InChI is InChI=1S/C14H21ClN2O2S/c15-13-8-7-12(10-14(13)16)20(18,19)17-9-3-6-11-4-1-2-5-11/h7-8,10-11,17H,1-6,9,16H2. The molecule has 4 nitrogen and oxygen atoms in total. The lowest BCUT2D eigenvalue weighted by molar-refractivity contribution is 0.480. The molecule has 0 amide bonds. The first-order valence-corrected chi connectivity index (χ1v) is 8.90. The number of hydrogen-bond acceptors (Lipinski definition) is 3. The average Bonchev–Trinajstić information content (AvgIpc) is 2.91. The maximum Gasteiger partial charge on any atom is 0.240 e. The number of nitrogens with two attached hydrogens (primary N) is 1. The van der Waals surface area contributed by atoms with Crippen molar-refractivity contribution in [3.63, 3.8) is 0 Å². The normalized spacial score (nSPS) is 16.6. The van der Waals surface area contributed by atoms with Crippen LogP contribution in [0, 0.1) is 5.92 Å². The molecule has 1 aromatic carbocycles. The number of halogens is 1. The first-order valence-electron chi connectivity index (χ1n) is 7.04. The van der Waals surface area contributed by atoms with E-state index >= 15 is 0 Å². The van der Waals surface area contributed by atoms with Gasteiger partial charge in [0, 0.05) is 6.54 Å². The van der Waals surface area contributed by atoms with E-state index in [9.17, 15) is 8.42 Å². The van der Waals surface area contributed by atoms with Gasteiger partial charge in [0.15, 0.2) is 0 Å². The predicted molar refractivity (Wildman–Crippen MR) is 82.2 cm³/mol. The number of nitrogens with one attached hydrogen (secondary N) is 1. The Balaban J connectivity index is 1.85. The van der Waals surface area contributed by atoms with Gasteiger partial charge in [0.05, 0.1) is 15.6 Å². The Morgan fingerprint density at radius 1 is 1.30 bits per heavy atom. The van der Waals surface area contributed by atoms with Gasteiger partial charge in [-0.25, -0.2) is 13.1 Å².